The van der Waals surface area contributed by atoms with Gasteiger partial charge in [0.15, 0.2) is 5.17 Å². The van der Waals surface area contributed by atoms with Gasteiger partial charge in [-0.1, -0.05) is 12.1 Å². The van der Waals surface area contributed by atoms with Gasteiger partial charge in [-0.3, -0.25) is 14.5 Å². The molecule has 3 aromatic rings. The molecule has 0 aliphatic carbocycles. The molecular weight excluding hydrogens is 366 g/mol. The normalized spacial score (nSPS) is 15.4. The first-order valence-electron chi connectivity index (χ1n) is 7.91. The van der Waals surface area contributed by atoms with Crippen molar-refractivity contribution in [1.82, 2.24) is 14.8 Å². The summed E-state index contributed by atoms with van der Waals surface area (Å²) in [6.45, 7) is 0. The predicted molar refractivity (Wildman–Crippen MR) is 104 cm³/mol. The molecule has 0 fully saturated rings. The van der Waals surface area contributed by atoms with Crippen LogP contribution in [0.4, 0.5) is 5.82 Å². The number of rotatable bonds is 3. The Kier molecular flexibility index (Phi) is 4.21. The lowest BCUT2D eigenvalue weighted by Gasteiger charge is -2.06. The van der Waals surface area contributed by atoms with Crippen molar-refractivity contribution in [2.75, 3.05) is 5.32 Å². The summed E-state index contributed by atoms with van der Waals surface area (Å²) in [7, 11) is 1.61. The molecule has 0 saturated carbocycles. The smallest absolute Gasteiger partial charge is 0.341 e. The van der Waals surface area contributed by atoms with Gasteiger partial charge < -0.3 is 10.4 Å². The van der Waals surface area contributed by atoms with Crippen LogP contribution < -0.4 is 5.32 Å². The molecule has 0 atom stereocenters. The fourth-order valence-corrected chi connectivity index (χ4v) is 3.45. The first kappa shape index (κ1) is 17.0. The summed E-state index contributed by atoms with van der Waals surface area (Å²) in [5.74, 6) is -1.23. The Labute approximate surface area is 157 Å². The van der Waals surface area contributed by atoms with Crippen LogP contribution in [0.15, 0.2) is 52.6 Å². The maximum Gasteiger partial charge on any atom is 0.341 e. The third-order valence-corrected chi connectivity index (χ3v) is 4.84. The average molecular weight is 379 g/mol. The van der Waals surface area contributed by atoms with Crippen LogP contribution in [0.25, 0.3) is 17.0 Å². The van der Waals surface area contributed by atoms with E-state index in [-0.39, 0.29) is 17.3 Å². The molecule has 0 bridgehead atoms. The molecule has 2 N–H and O–H groups in total. The van der Waals surface area contributed by atoms with Crippen molar-refractivity contribution in [2.45, 2.75) is 0 Å². The number of carboxylic acids is 1. The number of fused-ring (bicyclic) bond motifs is 1. The Morgan fingerprint density at radius 2 is 2.19 bits per heavy atom. The molecule has 9 heteroatoms. The standard InChI is InChI=1S/C18H13N5O3S/c1-23-15(12(9-20-23)17(25)26)21-18-22-16(24)14(27-18)8-10-4-5-13-11(7-10)3-2-6-19-13/h2-9H,1H3,(H,25,26)(H,21,22,24). The molecule has 8 nitrogen and oxygen atoms in total. The minimum Gasteiger partial charge on any atom is -0.477 e. The van der Waals surface area contributed by atoms with E-state index in [9.17, 15) is 14.7 Å². The van der Waals surface area contributed by atoms with Gasteiger partial charge in [-0.25, -0.2) is 4.79 Å². The molecular formula is C18H13N5O3S. The molecule has 1 amide bonds. The first-order chi connectivity index (χ1) is 13.0. The number of aromatic nitrogens is 3. The number of benzene rings is 1. The highest BCUT2D eigenvalue weighted by Gasteiger charge is 2.24. The summed E-state index contributed by atoms with van der Waals surface area (Å²) in [5.41, 5.74) is 1.74. The third kappa shape index (κ3) is 3.32. The van der Waals surface area contributed by atoms with Crippen LogP contribution in [0, 0.1) is 0 Å². The molecule has 1 aromatic carbocycles. The summed E-state index contributed by atoms with van der Waals surface area (Å²) >= 11 is 1.15. The summed E-state index contributed by atoms with van der Waals surface area (Å²) in [6.07, 6.45) is 4.72. The van der Waals surface area contributed by atoms with Crippen molar-refractivity contribution in [1.29, 1.82) is 0 Å². The molecule has 1 aliphatic rings. The van der Waals surface area contributed by atoms with Crippen molar-refractivity contribution in [2.24, 2.45) is 12.0 Å². The fourth-order valence-electron chi connectivity index (χ4n) is 2.64. The Bertz CT molecular complexity index is 1150. The number of aromatic carboxylic acids is 1. The fraction of sp³-hybridized carbons (Fsp3) is 0.0556. The summed E-state index contributed by atoms with van der Waals surface area (Å²) < 4.78 is 1.38. The maximum absolute atomic E-state index is 12.2. The van der Waals surface area contributed by atoms with Crippen LogP contribution in [-0.2, 0) is 11.8 Å². The highest BCUT2D eigenvalue weighted by molar-refractivity contribution is 8.18. The van der Waals surface area contributed by atoms with E-state index in [4.69, 9.17) is 0 Å². The van der Waals surface area contributed by atoms with E-state index in [1.165, 1.54) is 10.9 Å². The molecule has 134 valence electrons. The van der Waals surface area contributed by atoms with Gasteiger partial charge in [0.05, 0.1) is 16.6 Å². The third-order valence-electron chi connectivity index (χ3n) is 3.94. The molecule has 1 aliphatic heterocycles. The van der Waals surface area contributed by atoms with Crippen molar-refractivity contribution in [3.63, 3.8) is 0 Å². The minimum atomic E-state index is -1.11. The van der Waals surface area contributed by atoms with Gasteiger partial charge in [-0.15, -0.1) is 0 Å². The van der Waals surface area contributed by atoms with E-state index < -0.39 is 5.97 Å². The number of amides is 1. The largest absolute Gasteiger partial charge is 0.477 e. The lowest BCUT2D eigenvalue weighted by atomic mass is 10.1. The van der Waals surface area contributed by atoms with Gasteiger partial charge in [0, 0.05) is 18.6 Å². The number of anilines is 1. The molecule has 0 spiro atoms. The number of thioether (sulfide) groups is 1. The van der Waals surface area contributed by atoms with E-state index in [1.54, 1.807) is 19.3 Å². The lowest BCUT2D eigenvalue weighted by molar-refractivity contribution is -0.113. The zero-order chi connectivity index (χ0) is 19.0. The summed E-state index contributed by atoms with van der Waals surface area (Å²) in [4.78, 5) is 32.2. The number of nitrogens with zero attached hydrogens (tertiary/aromatic N) is 4. The van der Waals surface area contributed by atoms with Gasteiger partial charge in [0.25, 0.3) is 5.91 Å². The zero-order valence-corrected chi connectivity index (χ0v) is 14.9. The minimum absolute atomic E-state index is 0.00714. The number of carbonyl (C=O) groups is 2. The van der Waals surface area contributed by atoms with E-state index in [2.05, 4.69) is 20.4 Å². The van der Waals surface area contributed by atoms with Crippen LogP contribution in [-0.4, -0.2) is 36.9 Å². The number of pyridine rings is 1. The van der Waals surface area contributed by atoms with E-state index in [1.807, 2.05) is 30.3 Å². The Hall–Kier alpha value is -3.46. The molecule has 0 radical (unpaired) electrons. The Morgan fingerprint density at radius 1 is 1.33 bits per heavy atom. The Morgan fingerprint density at radius 3 is 3.00 bits per heavy atom. The van der Waals surface area contributed by atoms with Crippen molar-refractivity contribution >= 4 is 51.6 Å². The van der Waals surface area contributed by atoms with E-state index in [0.717, 1.165) is 28.2 Å². The quantitative estimate of drug-likeness (QED) is 0.673. The first-order valence-corrected chi connectivity index (χ1v) is 8.72. The highest BCUT2D eigenvalue weighted by Crippen LogP contribution is 2.30. The monoisotopic (exact) mass is 379 g/mol. The van der Waals surface area contributed by atoms with Crippen LogP contribution in [0.5, 0.6) is 0 Å². The second kappa shape index (κ2) is 6.69. The van der Waals surface area contributed by atoms with Crippen LogP contribution in [0.1, 0.15) is 15.9 Å². The number of hydrogen-bond donors (Lipinski definition) is 2. The van der Waals surface area contributed by atoms with Crippen molar-refractivity contribution < 1.29 is 14.7 Å². The number of hydrogen-bond acceptors (Lipinski definition) is 6. The molecule has 0 unspecified atom stereocenters. The predicted octanol–water partition coefficient (Wildman–Crippen LogP) is 2.75. The molecule has 2 aromatic heterocycles. The zero-order valence-electron chi connectivity index (χ0n) is 14.1. The number of carboxylic acid groups (broad SMARTS) is 1. The van der Waals surface area contributed by atoms with Gasteiger partial charge in [-0.05, 0) is 41.6 Å². The maximum atomic E-state index is 12.2. The molecule has 4 rings (SSSR count). The second-order valence-electron chi connectivity index (χ2n) is 5.75. The number of amidine groups is 1. The molecule has 3 heterocycles. The molecule has 27 heavy (non-hydrogen) atoms. The van der Waals surface area contributed by atoms with Gasteiger partial charge in [0.2, 0.25) is 0 Å². The number of aryl methyl sites for hydroxylation is 1. The van der Waals surface area contributed by atoms with E-state index in [0.29, 0.717) is 10.1 Å². The highest BCUT2D eigenvalue weighted by atomic mass is 32.2. The molecule has 0 saturated heterocycles. The SMILES string of the molecule is Cn1ncc(C(=O)O)c1NC1=NC(=O)C(=Cc2ccc3ncccc3c2)S1. The van der Waals surface area contributed by atoms with Crippen molar-refractivity contribution in [3.05, 3.63) is 58.8 Å². The summed E-state index contributed by atoms with van der Waals surface area (Å²) in [5, 5.41) is 17.3. The van der Waals surface area contributed by atoms with Crippen molar-refractivity contribution in [3.8, 4) is 0 Å². The van der Waals surface area contributed by atoms with E-state index >= 15 is 0 Å². The lowest BCUT2D eigenvalue weighted by Crippen LogP contribution is -2.12. The second-order valence-corrected chi connectivity index (χ2v) is 6.78. The van der Waals surface area contributed by atoms with Crippen LogP contribution in [0.2, 0.25) is 0 Å². The Balaban J connectivity index is 1.58. The summed E-state index contributed by atoms with van der Waals surface area (Å²) in [6, 6.07) is 9.52. The average Bonchev–Trinajstić information content (AvgIpc) is 3.18. The van der Waals surface area contributed by atoms with Gasteiger partial charge >= 0.3 is 5.97 Å². The number of nitrogens with one attached hydrogen (secondary N) is 1. The van der Waals surface area contributed by atoms with Crippen LogP contribution in [0.3, 0.4) is 0 Å². The van der Waals surface area contributed by atoms with Gasteiger partial charge in [0.1, 0.15) is 11.4 Å². The number of aliphatic imine (C=N–C) groups is 1. The topological polar surface area (TPSA) is 109 Å². The van der Waals surface area contributed by atoms with Gasteiger partial charge in [-0.2, -0.15) is 10.1 Å². The van der Waals surface area contributed by atoms with Crippen LogP contribution >= 0.6 is 11.8 Å². The number of carbonyl (C=O) groups excluding carboxylic acids is 1.